The normalized spacial score (nSPS) is 11.4. The molecule has 0 aliphatic carbocycles. The molecule has 0 unspecified atom stereocenters. The molecule has 0 fully saturated rings. The van der Waals surface area contributed by atoms with Crippen molar-refractivity contribution in [1.29, 1.82) is 0 Å². The number of fused-ring (bicyclic) bond motifs is 1. The Bertz CT molecular complexity index is 1140. The molecule has 0 spiro atoms. The van der Waals surface area contributed by atoms with Crippen LogP contribution in [0.15, 0.2) is 52.9 Å². The van der Waals surface area contributed by atoms with Gasteiger partial charge in [0.2, 0.25) is 5.91 Å². The third kappa shape index (κ3) is 6.42. The highest BCUT2D eigenvalue weighted by molar-refractivity contribution is 7.17. The minimum atomic E-state index is -0.283. The van der Waals surface area contributed by atoms with Gasteiger partial charge in [-0.3, -0.25) is 9.59 Å². The summed E-state index contributed by atoms with van der Waals surface area (Å²) in [6.45, 7) is 4.52. The molecular formula is C26H30N2O4S. The Morgan fingerprint density at radius 3 is 2.61 bits per heavy atom. The van der Waals surface area contributed by atoms with Gasteiger partial charge in [-0.15, -0.1) is 11.3 Å². The van der Waals surface area contributed by atoms with E-state index in [1.54, 1.807) is 29.5 Å². The first kappa shape index (κ1) is 24.5. The van der Waals surface area contributed by atoms with Gasteiger partial charge >= 0.3 is 0 Å². The number of benzene rings is 2. The molecule has 2 aromatic carbocycles. The van der Waals surface area contributed by atoms with Crippen molar-refractivity contribution in [3.05, 3.63) is 59.0 Å². The van der Waals surface area contributed by atoms with Gasteiger partial charge in [0.1, 0.15) is 0 Å². The lowest BCUT2D eigenvalue weighted by Crippen LogP contribution is -2.20. The molecule has 0 atom stereocenters. The average molecular weight is 467 g/mol. The van der Waals surface area contributed by atoms with Crippen LogP contribution in [-0.4, -0.2) is 31.1 Å². The predicted octanol–water partition coefficient (Wildman–Crippen LogP) is 5.98. The van der Waals surface area contributed by atoms with Crippen molar-refractivity contribution in [2.45, 2.75) is 46.0 Å². The minimum absolute atomic E-state index is 0.0588. The molecule has 0 aliphatic heterocycles. The Morgan fingerprint density at radius 1 is 1.03 bits per heavy atom. The second-order valence-corrected chi connectivity index (χ2v) is 8.48. The molecule has 7 heteroatoms. The number of unbranched alkanes of at least 4 members (excludes halogenated alkanes) is 1. The van der Waals surface area contributed by atoms with Crippen molar-refractivity contribution < 1.29 is 19.1 Å². The SMILES string of the molecule is CCCC/C(=N\NC(=O)CCC(=O)c1ccc(OCC)c(OC)c1)c1csc2ccccc12. The number of carbonyl (C=O) groups excluding carboxylic acids is 2. The Kier molecular flexibility index (Phi) is 9.01. The van der Waals surface area contributed by atoms with Crippen LogP contribution < -0.4 is 14.9 Å². The zero-order chi connectivity index (χ0) is 23.6. The van der Waals surface area contributed by atoms with Crippen LogP contribution in [0.25, 0.3) is 10.1 Å². The molecule has 3 rings (SSSR count). The Hall–Kier alpha value is -3.19. The number of hydrazone groups is 1. The van der Waals surface area contributed by atoms with Crippen LogP contribution in [0.2, 0.25) is 0 Å². The van der Waals surface area contributed by atoms with E-state index >= 15 is 0 Å². The lowest BCUT2D eigenvalue weighted by Gasteiger charge is -2.10. The summed E-state index contributed by atoms with van der Waals surface area (Å²) in [4.78, 5) is 25.0. The van der Waals surface area contributed by atoms with E-state index in [1.165, 1.54) is 11.8 Å². The quantitative estimate of drug-likeness (QED) is 0.202. The van der Waals surface area contributed by atoms with E-state index in [9.17, 15) is 9.59 Å². The van der Waals surface area contributed by atoms with E-state index in [0.717, 1.165) is 35.9 Å². The van der Waals surface area contributed by atoms with Crippen LogP contribution in [0.4, 0.5) is 0 Å². The Labute approximate surface area is 198 Å². The zero-order valence-electron chi connectivity index (χ0n) is 19.3. The number of ketones is 1. The highest BCUT2D eigenvalue weighted by Gasteiger charge is 2.14. The summed E-state index contributed by atoms with van der Waals surface area (Å²) in [5.74, 6) is 0.671. The first-order valence-electron chi connectivity index (χ1n) is 11.2. The summed E-state index contributed by atoms with van der Waals surface area (Å²) in [5, 5.41) is 7.68. The number of nitrogens with zero attached hydrogens (tertiary/aromatic N) is 1. The lowest BCUT2D eigenvalue weighted by molar-refractivity contribution is -0.121. The number of rotatable bonds is 12. The molecular weight excluding hydrogens is 436 g/mol. The van der Waals surface area contributed by atoms with Crippen LogP contribution in [0.1, 0.15) is 61.9 Å². The van der Waals surface area contributed by atoms with Gasteiger partial charge in [-0.25, -0.2) is 5.43 Å². The number of hydrogen-bond acceptors (Lipinski definition) is 6. The van der Waals surface area contributed by atoms with Crippen LogP contribution >= 0.6 is 11.3 Å². The second kappa shape index (κ2) is 12.2. The van der Waals surface area contributed by atoms with Crippen molar-refractivity contribution >= 4 is 38.8 Å². The van der Waals surface area contributed by atoms with Gasteiger partial charge in [0.15, 0.2) is 17.3 Å². The molecule has 0 bridgehead atoms. The summed E-state index contributed by atoms with van der Waals surface area (Å²) in [6, 6.07) is 13.2. The molecule has 6 nitrogen and oxygen atoms in total. The summed E-state index contributed by atoms with van der Waals surface area (Å²) >= 11 is 1.67. The van der Waals surface area contributed by atoms with Crippen LogP contribution in [0.5, 0.6) is 11.5 Å². The summed E-state index contributed by atoms with van der Waals surface area (Å²) < 4.78 is 12.0. The molecule has 1 heterocycles. The van der Waals surface area contributed by atoms with Gasteiger partial charge in [0.05, 0.1) is 19.4 Å². The summed E-state index contributed by atoms with van der Waals surface area (Å²) in [7, 11) is 1.53. The zero-order valence-corrected chi connectivity index (χ0v) is 20.2. The van der Waals surface area contributed by atoms with Crippen LogP contribution in [-0.2, 0) is 4.79 Å². The van der Waals surface area contributed by atoms with Gasteiger partial charge in [0.25, 0.3) is 0 Å². The van der Waals surface area contributed by atoms with E-state index in [2.05, 4.69) is 35.0 Å². The number of thiophene rings is 1. The fourth-order valence-corrected chi connectivity index (χ4v) is 4.44. The monoisotopic (exact) mass is 466 g/mol. The highest BCUT2D eigenvalue weighted by atomic mass is 32.1. The van der Waals surface area contributed by atoms with E-state index in [0.29, 0.717) is 23.7 Å². The van der Waals surface area contributed by atoms with Crippen molar-refractivity contribution in [2.75, 3.05) is 13.7 Å². The van der Waals surface area contributed by atoms with E-state index in [4.69, 9.17) is 9.47 Å². The molecule has 1 amide bonds. The summed E-state index contributed by atoms with van der Waals surface area (Å²) in [5.41, 5.74) is 5.07. The number of amides is 1. The lowest BCUT2D eigenvalue weighted by atomic mass is 10.0. The predicted molar refractivity (Wildman–Crippen MR) is 134 cm³/mol. The minimum Gasteiger partial charge on any atom is -0.493 e. The maximum Gasteiger partial charge on any atom is 0.240 e. The standard InChI is InChI=1S/C26H30N2O4S/c1-4-6-10-21(20-17-33-25-11-8-7-9-19(20)25)27-28-26(30)15-13-22(29)18-12-14-23(32-5-2)24(16-18)31-3/h7-9,11-12,14,16-17H,4-6,10,13,15H2,1-3H3,(H,28,30)/b27-21+. The highest BCUT2D eigenvalue weighted by Crippen LogP contribution is 2.29. The third-order valence-corrected chi connectivity index (χ3v) is 6.20. The molecule has 1 N–H and O–H groups in total. The number of Topliss-reactive ketones (excluding diaryl/α,β-unsaturated/α-hetero) is 1. The molecule has 0 radical (unpaired) electrons. The number of ether oxygens (including phenoxy) is 2. The first-order chi connectivity index (χ1) is 16.1. The van der Waals surface area contributed by atoms with Gasteiger partial charge in [-0.05, 0) is 44.0 Å². The topological polar surface area (TPSA) is 77.0 Å². The number of methoxy groups -OCH3 is 1. The van der Waals surface area contributed by atoms with Crippen molar-refractivity contribution in [1.82, 2.24) is 5.43 Å². The van der Waals surface area contributed by atoms with Gasteiger partial charge in [0, 0.05) is 39.4 Å². The Morgan fingerprint density at radius 2 is 1.85 bits per heavy atom. The van der Waals surface area contributed by atoms with E-state index in [1.807, 2.05) is 19.1 Å². The molecule has 0 saturated carbocycles. The fraction of sp³-hybridized carbons (Fsp3) is 0.346. The van der Waals surface area contributed by atoms with Crippen LogP contribution in [0, 0.1) is 0 Å². The molecule has 3 aromatic rings. The maximum atomic E-state index is 12.6. The molecule has 33 heavy (non-hydrogen) atoms. The van der Waals surface area contributed by atoms with Gasteiger partial charge in [-0.1, -0.05) is 31.5 Å². The van der Waals surface area contributed by atoms with Gasteiger partial charge < -0.3 is 9.47 Å². The fourth-order valence-electron chi connectivity index (χ4n) is 3.47. The van der Waals surface area contributed by atoms with Crippen LogP contribution in [0.3, 0.4) is 0 Å². The van der Waals surface area contributed by atoms with Crippen molar-refractivity contribution in [3.63, 3.8) is 0 Å². The second-order valence-electron chi connectivity index (χ2n) is 7.56. The average Bonchev–Trinajstić information content (AvgIpc) is 3.27. The smallest absolute Gasteiger partial charge is 0.240 e. The van der Waals surface area contributed by atoms with E-state index < -0.39 is 0 Å². The molecule has 0 saturated heterocycles. The Balaban J connectivity index is 1.64. The van der Waals surface area contributed by atoms with E-state index in [-0.39, 0.29) is 24.5 Å². The van der Waals surface area contributed by atoms with Crippen molar-refractivity contribution in [3.8, 4) is 11.5 Å². The first-order valence-corrected chi connectivity index (χ1v) is 12.1. The molecule has 174 valence electrons. The third-order valence-electron chi connectivity index (χ3n) is 5.24. The molecule has 0 aliphatic rings. The number of hydrogen-bond donors (Lipinski definition) is 1. The summed E-state index contributed by atoms with van der Waals surface area (Å²) in [6.07, 6.45) is 2.95. The maximum absolute atomic E-state index is 12.6. The van der Waals surface area contributed by atoms with Crippen molar-refractivity contribution in [2.24, 2.45) is 5.10 Å². The number of carbonyl (C=O) groups is 2. The van der Waals surface area contributed by atoms with Gasteiger partial charge in [-0.2, -0.15) is 5.10 Å². The number of nitrogens with one attached hydrogen (secondary N) is 1. The molecule has 1 aromatic heterocycles. The largest absolute Gasteiger partial charge is 0.493 e.